The maximum Gasteiger partial charge on any atom is 0.319 e. The number of amides is 2. The first-order valence-electron chi connectivity index (χ1n) is 11.5. The van der Waals surface area contributed by atoms with Gasteiger partial charge in [0.15, 0.2) is 5.82 Å². The molecule has 0 aliphatic heterocycles. The third kappa shape index (κ3) is 5.37. The van der Waals surface area contributed by atoms with Crippen molar-refractivity contribution in [3.05, 3.63) is 58.3 Å². The predicted octanol–water partition coefficient (Wildman–Crippen LogP) is 6.91. The summed E-state index contributed by atoms with van der Waals surface area (Å²) in [5, 5.41) is 7.60. The van der Waals surface area contributed by atoms with Gasteiger partial charge in [-0.05, 0) is 43.5 Å². The third-order valence-corrected chi connectivity index (χ3v) is 6.26. The fraction of sp³-hybridized carbons (Fsp3) is 0.320. The molecule has 0 fully saturated rings. The van der Waals surface area contributed by atoms with Crippen LogP contribution in [0.3, 0.4) is 0 Å². The van der Waals surface area contributed by atoms with E-state index in [9.17, 15) is 4.79 Å². The molecule has 2 amide bonds. The predicted molar refractivity (Wildman–Crippen MR) is 145 cm³/mol. The van der Waals surface area contributed by atoms with E-state index < -0.39 is 0 Å². The van der Waals surface area contributed by atoms with E-state index in [4.69, 9.17) is 33.9 Å². The van der Waals surface area contributed by atoms with Crippen LogP contribution in [-0.4, -0.2) is 27.1 Å². The SMILES string of the molecule is CCCCc1nc2c(N)nc3ccccc3c2n1CCCCNC(=O)Nc1ccc(Cl)cc1Cl.[HH].[HH]. The zero-order valence-electron chi connectivity index (χ0n) is 19.1. The van der Waals surface area contributed by atoms with Crippen molar-refractivity contribution in [1.29, 1.82) is 0 Å². The van der Waals surface area contributed by atoms with Gasteiger partial charge in [0.25, 0.3) is 0 Å². The van der Waals surface area contributed by atoms with Crippen LogP contribution in [0.2, 0.25) is 10.0 Å². The van der Waals surface area contributed by atoms with E-state index in [2.05, 4.69) is 33.2 Å². The maximum atomic E-state index is 12.2. The molecule has 0 radical (unpaired) electrons. The van der Waals surface area contributed by atoms with Gasteiger partial charge in [-0.25, -0.2) is 14.8 Å². The summed E-state index contributed by atoms with van der Waals surface area (Å²) in [5.74, 6) is 1.49. The lowest BCUT2D eigenvalue weighted by molar-refractivity contribution is 0.252. The molecule has 0 saturated carbocycles. The number of hydrogen-bond acceptors (Lipinski definition) is 4. The van der Waals surface area contributed by atoms with Crippen LogP contribution >= 0.6 is 23.2 Å². The van der Waals surface area contributed by atoms with Gasteiger partial charge in [0.2, 0.25) is 0 Å². The van der Waals surface area contributed by atoms with Gasteiger partial charge in [-0.15, -0.1) is 0 Å². The minimum Gasteiger partial charge on any atom is -0.382 e. The molecule has 182 valence electrons. The Balaban J connectivity index is 0.00000228. The quantitative estimate of drug-likeness (QED) is 0.216. The number of halogens is 2. The third-order valence-electron chi connectivity index (χ3n) is 5.72. The molecular formula is C25H32Cl2N6O. The first-order chi connectivity index (χ1) is 16.5. The van der Waals surface area contributed by atoms with Crippen LogP contribution in [0.4, 0.5) is 16.3 Å². The van der Waals surface area contributed by atoms with Crippen LogP contribution in [0.25, 0.3) is 21.9 Å². The first-order valence-corrected chi connectivity index (χ1v) is 12.3. The van der Waals surface area contributed by atoms with Crippen molar-refractivity contribution in [3.63, 3.8) is 0 Å². The Kier molecular flexibility index (Phi) is 7.75. The second-order valence-corrected chi connectivity index (χ2v) is 9.05. The number of pyridine rings is 1. The number of nitrogens with two attached hydrogens (primary N) is 1. The maximum absolute atomic E-state index is 12.2. The minimum atomic E-state index is -0.300. The Morgan fingerprint density at radius 1 is 1.12 bits per heavy atom. The molecule has 0 aliphatic carbocycles. The molecule has 0 aliphatic rings. The van der Waals surface area contributed by atoms with E-state index in [1.54, 1.807) is 18.2 Å². The number of nitrogens with one attached hydrogen (secondary N) is 2. The monoisotopic (exact) mass is 502 g/mol. The molecule has 7 nitrogen and oxygen atoms in total. The average molecular weight is 503 g/mol. The van der Waals surface area contributed by atoms with Crippen molar-refractivity contribution in [2.45, 2.75) is 45.6 Å². The fourth-order valence-electron chi connectivity index (χ4n) is 4.03. The number of aryl methyl sites for hydroxylation is 2. The molecule has 0 atom stereocenters. The van der Waals surface area contributed by atoms with E-state index in [0.717, 1.165) is 66.4 Å². The van der Waals surface area contributed by atoms with Crippen molar-refractivity contribution >= 4 is 62.7 Å². The summed E-state index contributed by atoms with van der Waals surface area (Å²) in [7, 11) is 0. The van der Waals surface area contributed by atoms with Gasteiger partial charge in [0.1, 0.15) is 11.3 Å². The number of nitrogens with zero attached hydrogens (tertiary/aromatic N) is 3. The summed E-state index contributed by atoms with van der Waals surface area (Å²) in [5.41, 5.74) is 9.46. The molecule has 0 spiro atoms. The van der Waals surface area contributed by atoms with Gasteiger partial charge in [0.05, 0.1) is 21.7 Å². The van der Waals surface area contributed by atoms with Crippen LogP contribution in [-0.2, 0) is 13.0 Å². The van der Waals surface area contributed by atoms with Crippen molar-refractivity contribution in [2.75, 3.05) is 17.6 Å². The number of hydrogen-bond donors (Lipinski definition) is 3. The Hall–Kier alpha value is -3.03. The molecule has 9 heteroatoms. The lowest BCUT2D eigenvalue weighted by Crippen LogP contribution is -2.29. The molecule has 4 N–H and O–H groups in total. The summed E-state index contributed by atoms with van der Waals surface area (Å²) < 4.78 is 2.28. The summed E-state index contributed by atoms with van der Waals surface area (Å²) >= 11 is 12.0. The van der Waals surface area contributed by atoms with E-state index >= 15 is 0 Å². The lowest BCUT2D eigenvalue weighted by Gasteiger charge is -2.12. The summed E-state index contributed by atoms with van der Waals surface area (Å²) in [6.07, 6.45) is 4.73. The van der Waals surface area contributed by atoms with Crippen molar-refractivity contribution in [3.8, 4) is 0 Å². The molecule has 0 bridgehead atoms. The highest BCUT2D eigenvalue weighted by molar-refractivity contribution is 6.36. The number of benzene rings is 2. The van der Waals surface area contributed by atoms with Gasteiger partial charge in [-0.1, -0.05) is 54.7 Å². The number of para-hydroxylation sites is 1. The van der Waals surface area contributed by atoms with Gasteiger partial charge in [-0.3, -0.25) is 0 Å². The van der Waals surface area contributed by atoms with E-state index in [1.807, 2.05) is 18.2 Å². The minimum absolute atomic E-state index is 0. The van der Waals surface area contributed by atoms with E-state index in [1.165, 1.54) is 0 Å². The number of carbonyl (C=O) groups is 1. The number of fused-ring (bicyclic) bond motifs is 3. The van der Waals surface area contributed by atoms with Crippen LogP contribution in [0, 0.1) is 0 Å². The summed E-state index contributed by atoms with van der Waals surface area (Å²) in [4.78, 5) is 21.6. The van der Waals surface area contributed by atoms with Crippen LogP contribution in [0.15, 0.2) is 42.5 Å². The van der Waals surface area contributed by atoms with Crippen molar-refractivity contribution in [1.82, 2.24) is 19.9 Å². The van der Waals surface area contributed by atoms with E-state index in [-0.39, 0.29) is 8.88 Å². The number of rotatable bonds is 9. The molecule has 2 heterocycles. The highest BCUT2D eigenvalue weighted by atomic mass is 35.5. The largest absolute Gasteiger partial charge is 0.382 e. The zero-order chi connectivity index (χ0) is 24.1. The molecule has 4 rings (SSSR count). The number of nitrogen functional groups attached to an aromatic ring is 1. The van der Waals surface area contributed by atoms with Gasteiger partial charge >= 0.3 is 6.03 Å². The molecule has 2 aromatic carbocycles. The second-order valence-electron chi connectivity index (χ2n) is 8.21. The normalized spacial score (nSPS) is 11.3. The van der Waals surface area contributed by atoms with Crippen LogP contribution in [0.5, 0.6) is 0 Å². The first kappa shape index (κ1) is 24.1. The number of aromatic nitrogens is 3. The van der Waals surface area contributed by atoms with E-state index in [0.29, 0.717) is 28.1 Å². The van der Waals surface area contributed by atoms with Crippen molar-refractivity contribution < 1.29 is 7.65 Å². The lowest BCUT2D eigenvalue weighted by atomic mass is 10.2. The standard InChI is InChI=1S/C25H28Cl2N6O.2H2/c1-2-3-10-21-32-22-23(17-8-4-5-9-19(17)30-24(22)28)33(21)14-7-6-13-29-25(34)31-20-12-11-16(26)15-18(20)27;;/h4-5,8-9,11-12,15H,2-3,6-7,10,13-14H2,1H3,(H2,28,30)(H2,29,31,34);2*1H. The Morgan fingerprint density at radius 3 is 2.74 bits per heavy atom. The van der Waals surface area contributed by atoms with Gasteiger partial charge in [-0.2, -0.15) is 0 Å². The van der Waals surface area contributed by atoms with Crippen LogP contribution in [0.1, 0.15) is 41.3 Å². The smallest absolute Gasteiger partial charge is 0.319 e. The molecular weight excluding hydrogens is 471 g/mol. The van der Waals surface area contributed by atoms with Crippen LogP contribution < -0.4 is 16.4 Å². The topological polar surface area (TPSA) is 97.9 Å². The second kappa shape index (κ2) is 10.9. The molecule has 34 heavy (non-hydrogen) atoms. The highest BCUT2D eigenvalue weighted by Gasteiger charge is 2.17. The Morgan fingerprint density at radius 2 is 1.94 bits per heavy atom. The Labute approximate surface area is 211 Å². The highest BCUT2D eigenvalue weighted by Crippen LogP contribution is 2.29. The number of urea groups is 1. The fourth-order valence-corrected chi connectivity index (χ4v) is 4.48. The molecule has 0 unspecified atom stereocenters. The number of anilines is 2. The van der Waals surface area contributed by atoms with Gasteiger partial charge < -0.3 is 20.9 Å². The summed E-state index contributed by atoms with van der Waals surface area (Å²) in [6, 6.07) is 12.7. The van der Waals surface area contributed by atoms with Crippen molar-refractivity contribution in [2.24, 2.45) is 0 Å². The number of unbranched alkanes of at least 4 members (excludes halogenated alkanes) is 2. The molecule has 4 aromatic rings. The molecule has 0 saturated heterocycles. The average Bonchev–Trinajstić information content (AvgIpc) is 3.18. The number of carbonyl (C=O) groups excluding carboxylic acids is 1. The Bertz CT molecular complexity index is 1330. The summed E-state index contributed by atoms with van der Waals surface area (Å²) in [6.45, 7) is 3.50. The van der Waals surface area contributed by atoms with Gasteiger partial charge in [0, 0.05) is 32.8 Å². The molecule has 2 aromatic heterocycles. The zero-order valence-corrected chi connectivity index (χ0v) is 20.6. The number of imidazole rings is 1.